The van der Waals surface area contributed by atoms with E-state index in [-0.39, 0.29) is 12.2 Å². The van der Waals surface area contributed by atoms with E-state index in [4.69, 9.17) is 0 Å². The number of rotatable bonds is 8. The minimum Gasteiger partial charge on any atom is -0.507 e. The molecule has 3 aromatic rings. The number of nitrogens with one attached hydrogen (secondary N) is 1. The zero-order valence-corrected chi connectivity index (χ0v) is 16.8. The maximum absolute atomic E-state index is 12.7. The van der Waals surface area contributed by atoms with Gasteiger partial charge in [-0.2, -0.15) is 0 Å². The van der Waals surface area contributed by atoms with Crippen molar-refractivity contribution >= 4 is 13.0 Å². The number of amides is 1. The molecule has 154 valence electrons. The molecule has 0 radical (unpaired) electrons. The number of phenolic OH excluding ortho intramolecular Hbond substituents is 1. The Morgan fingerprint density at radius 1 is 1.07 bits per heavy atom. The smallest absolute Gasteiger partial charge is 0.475 e. The van der Waals surface area contributed by atoms with Crippen LogP contribution < -0.4 is 5.32 Å². The number of pyridine rings is 1. The summed E-state index contributed by atoms with van der Waals surface area (Å²) in [5.41, 5.74) is 3.79. The van der Waals surface area contributed by atoms with Crippen molar-refractivity contribution in [3.8, 4) is 5.75 Å². The van der Waals surface area contributed by atoms with E-state index >= 15 is 0 Å². The van der Waals surface area contributed by atoms with E-state index in [0.29, 0.717) is 16.7 Å². The topological polar surface area (TPSA) is 103 Å². The van der Waals surface area contributed by atoms with Crippen molar-refractivity contribution in [1.29, 1.82) is 0 Å². The van der Waals surface area contributed by atoms with Crippen molar-refractivity contribution in [1.82, 2.24) is 10.3 Å². The van der Waals surface area contributed by atoms with Gasteiger partial charge in [-0.25, -0.2) is 0 Å². The average Bonchev–Trinajstić information content (AvgIpc) is 2.75. The second-order valence-electron chi connectivity index (χ2n) is 7.34. The highest BCUT2D eigenvalue weighted by Gasteiger charge is 2.27. The van der Waals surface area contributed by atoms with Crippen molar-refractivity contribution < 1.29 is 19.9 Å². The van der Waals surface area contributed by atoms with E-state index in [1.165, 1.54) is 0 Å². The summed E-state index contributed by atoms with van der Waals surface area (Å²) in [7, 11) is -1.76. The first-order valence-corrected chi connectivity index (χ1v) is 9.86. The summed E-state index contributed by atoms with van der Waals surface area (Å²) < 4.78 is 0. The fourth-order valence-electron chi connectivity index (χ4n) is 3.31. The second-order valence-corrected chi connectivity index (χ2v) is 7.34. The molecule has 1 amide bonds. The maximum atomic E-state index is 12.7. The van der Waals surface area contributed by atoms with Gasteiger partial charge in [0.15, 0.2) is 0 Å². The lowest BCUT2D eigenvalue weighted by Crippen LogP contribution is -2.47. The summed E-state index contributed by atoms with van der Waals surface area (Å²) in [4.78, 5) is 16.8. The van der Waals surface area contributed by atoms with Crippen LogP contribution in [0, 0.1) is 6.92 Å². The van der Waals surface area contributed by atoms with Crippen LogP contribution in [-0.2, 0) is 19.3 Å². The third-order valence-corrected chi connectivity index (χ3v) is 5.05. The van der Waals surface area contributed by atoms with Crippen molar-refractivity contribution in [3.05, 3.63) is 94.8 Å². The van der Waals surface area contributed by atoms with E-state index < -0.39 is 19.0 Å². The predicted octanol–water partition coefficient (Wildman–Crippen LogP) is 2.23. The monoisotopic (exact) mass is 404 g/mol. The predicted molar refractivity (Wildman–Crippen MR) is 116 cm³/mol. The molecule has 0 fully saturated rings. The zero-order valence-electron chi connectivity index (χ0n) is 16.8. The highest BCUT2D eigenvalue weighted by atomic mass is 16.4. The molecule has 1 atom stereocenters. The molecule has 0 unspecified atom stereocenters. The van der Waals surface area contributed by atoms with Crippen molar-refractivity contribution in [2.24, 2.45) is 0 Å². The summed E-state index contributed by atoms with van der Waals surface area (Å²) in [6.07, 6.45) is 5.22. The van der Waals surface area contributed by atoms with Crippen LogP contribution in [0.3, 0.4) is 0 Å². The van der Waals surface area contributed by atoms with Gasteiger partial charge in [-0.3, -0.25) is 9.78 Å². The summed E-state index contributed by atoms with van der Waals surface area (Å²) in [6, 6.07) is 16.4. The number of carbonyl (C=O) groups excluding carboxylic acids is 1. The van der Waals surface area contributed by atoms with Crippen molar-refractivity contribution in [2.75, 3.05) is 0 Å². The first-order valence-electron chi connectivity index (χ1n) is 9.86. The van der Waals surface area contributed by atoms with Crippen LogP contribution in [0.4, 0.5) is 0 Å². The van der Waals surface area contributed by atoms with Crippen molar-refractivity contribution in [3.63, 3.8) is 0 Å². The number of para-hydroxylation sites is 1. The molecule has 1 aromatic heterocycles. The molecule has 2 aromatic carbocycles. The number of benzene rings is 2. The van der Waals surface area contributed by atoms with Crippen LogP contribution in [0.25, 0.3) is 0 Å². The van der Waals surface area contributed by atoms with Crippen LogP contribution >= 0.6 is 0 Å². The number of aryl methyl sites for hydroxylation is 3. The fourth-order valence-corrected chi connectivity index (χ4v) is 3.31. The average molecular weight is 404 g/mol. The number of nitrogens with zero attached hydrogens (tertiary/aromatic N) is 1. The molecular weight excluding hydrogens is 379 g/mol. The Bertz CT molecular complexity index is 996. The van der Waals surface area contributed by atoms with Gasteiger partial charge in [0.1, 0.15) is 5.75 Å². The van der Waals surface area contributed by atoms with Crippen LogP contribution in [0.2, 0.25) is 0 Å². The van der Waals surface area contributed by atoms with Gasteiger partial charge < -0.3 is 20.5 Å². The van der Waals surface area contributed by atoms with Gasteiger partial charge in [0.2, 0.25) is 0 Å². The summed E-state index contributed by atoms with van der Waals surface area (Å²) in [5.74, 6) is -1.26. The number of phenols is 1. The fraction of sp³-hybridized carbons (Fsp3) is 0.217. The molecule has 6 nitrogen and oxygen atoms in total. The Labute approximate surface area is 176 Å². The van der Waals surface area contributed by atoms with E-state index in [0.717, 1.165) is 24.0 Å². The number of aromatic nitrogens is 1. The largest absolute Gasteiger partial charge is 0.507 e. The standard InChI is InChI=1S/C23H25BN2O4/c1-16-5-2-8-19(22(16)27)14-21(24(29)30)26-23(28)20-9-3-6-17(13-20)10-11-18-7-4-12-25-15-18/h2-9,12-13,15,21,27,29-30H,10-11,14H2,1H3,(H,26,28)/t21-/m0/s1. The zero-order chi connectivity index (χ0) is 21.5. The van der Waals surface area contributed by atoms with E-state index in [1.54, 1.807) is 43.5 Å². The quantitative estimate of drug-likeness (QED) is 0.432. The molecule has 30 heavy (non-hydrogen) atoms. The molecule has 4 N–H and O–H groups in total. The number of carbonyl (C=O) groups is 1. The lowest BCUT2D eigenvalue weighted by Gasteiger charge is -2.19. The third kappa shape index (κ3) is 5.69. The van der Waals surface area contributed by atoms with Gasteiger partial charge in [-0.1, -0.05) is 36.4 Å². The Hall–Kier alpha value is -3.16. The normalized spacial score (nSPS) is 11.7. The molecule has 0 spiro atoms. The van der Waals surface area contributed by atoms with Gasteiger partial charge in [-0.15, -0.1) is 0 Å². The van der Waals surface area contributed by atoms with Crippen LogP contribution in [0.15, 0.2) is 67.0 Å². The van der Waals surface area contributed by atoms with Gasteiger partial charge in [0.05, 0.1) is 5.94 Å². The van der Waals surface area contributed by atoms with Gasteiger partial charge in [0, 0.05) is 18.0 Å². The lowest BCUT2D eigenvalue weighted by molar-refractivity contribution is 0.0941. The minimum atomic E-state index is -1.76. The first-order chi connectivity index (χ1) is 14.4. The molecule has 3 rings (SSSR count). The molecular formula is C23H25BN2O4. The van der Waals surface area contributed by atoms with Gasteiger partial charge in [0.25, 0.3) is 5.91 Å². The Kier molecular flexibility index (Phi) is 7.22. The highest BCUT2D eigenvalue weighted by Crippen LogP contribution is 2.23. The third-order valence-electron chi connectivity index (χ3n) is 5.05. The molecule has 0 saturated heterocycles. The Morgan fingerprint density at radius 2 is 1.80 bits per heavy atom. The molecule has 7 heteroatoms. The highest BCUT2D eigenvalue weighted by molar-refractivity contribution is 6.43. The molecule has 0 aliphatic carbocycles. The molecule has 1 heterocycles. The van der Waals surface area contributed by atoms with Crippen LogP contribution in [-0.4, -0.2) is 39.1 Å². The first kappa shape index (κ1) is 21.6. The number of hydrogen-bond donors (Lipinski definition) is 4. The van der Waals surface area contributed by atoms with Gasteiger partial charge >= 0.3 is 7.12 Å². The maximum Gasteiger partial charge on any atom is 0.475 e. The molecule has 0 saturated carbocycles. The van der Waals surface area contributed by atoms with Crippen LogP contribution in [0.1, 0.15) is 32.6 Å². The Balaban J connectivity index is 1.67. The molecule has 0 aliphatic rings. The Morgan fingerprint density at radius 3 is 2.53 bits per heavy atom. The lowest BCUT2D eigenvalue weighted by atomic mass is 9.75. The van der Waals surface area contributed by atoms with E-state index in [9.17, 15) is 19.9 Å². The number of hydrogen-bond acceptors (Lipinski definition) is 5. The van der Waals surface area contributed by atoms with E-state index in [1.807, 2.05) is 30.5 Å². The van der Waals surface area contributed by atoms with Crippen LogP contribution in [0.5, 0.6) is 5.75 Å². The number of aromatic hydroxyl groups is 1. The SMILES string of the molecule is Cc1cccc(C[C@H](NC(=O)c2cccc(CCc3cccnc3)c2)B(O)O)c1O. The minimum absolute atomic E-state index is 0.0924. The van der Waals surface area contributed by atoms with E-state index in [2.05, 4.69) is 10.3 Å². The molecule has 0 aliphatic heterocycles. The summed E-state index contributed by atoms with van der Waals surface area (Å²) in [5, 5.41) is 32.4. The summed E-state index contributed by atoms with van der Waals surface area (Å²) in [6.45, 7) is 1.76. The van der Waals surface area contributed by atoms with Gasteiger partial charge in [-0.05, 0) is 66.6 Å². The second kappa shape index (κ2) is 10.0. The van der Waals surface area contributed by atoms with Crippen molar-refractivity contribution in [2.45, 2.75) is 32.1 Å². The summed E-state index contributed by atoms with van der Waals surface area (Å²) >= 11 is 0. The molecule has 0 bridgehead atoms.